The fraction of sp³-hybridized carbons (Fsp3) is 0.222. The Balaban J connectivity index is 1.53. The van der Waals surface area contributed by atoms with Gasteiger partial charge < -0.3 is 25.6 Å². The van der Waals surface area contributed by atoms with Crippen molar-refractivity contribution in [3.63, 3.8) is 0 Å². The van der Waals surface area contributed by atoms with Gasteiger partial charge in [-0.25, -0.2) is 9.59 Å². The van der Waals surface area contributed by atoms with Crippen LogP contribution in [0.3, 0.4) is 0 Å². The summed E-state index contributed by atoms with van der Waals surface area (Å²) in [4.78, 5) is 37.3. The number of aliphatic hydroxyl groups is 1. The predicted octanol–water partition coefficient (Wildman–Crippen LogP) is 3.00. The fourth-order valence-corrected chi connectivity index (χ4v) is 4.36. The zero-order valence-corrected chi connectivity index (χ0v) is 19.1. The monoisotopic (exact) mass is 474 g/mol. The van der Waals surface area contributed by atoms with Crippen molar-refractivity contribution in [3.8, 4) is 11.1 Å². The van der Waals surface area contributed by atoms with Crippen LogP contribution in [0.2, 0.25) is 0 Å². The molecule has 3 aromatic rings. The molecule has 0 aromatic heterocycles. The summed E-state index contributed by atoms with van der Waals surface area (Å²) in [7, 11) is 0. The number of hydrogen-bond donors (Lipinski definition) is 4. The Kier molecular flexibility index (Phi) is 6.84. The highest BCUT2D eigenvalue weighted by atomic mass is 16.5. The van der Waals surface area contributed by atoms with Crippen LogP contribution < -0.4 is 10.6 Å². The highest BCUT2D eigenvalue weighted by Crippen LogP contribution is 2.44. The Hall–Kier alpha value is -4.17. The molecule has 0 spiro atoms. The maximum atomic E-state index is 13.1. The van der Waals surface area contributed by atoms with Crippen LogP contribution in [0.4, 0.5) is 4.79 Å². The molecular weight excluding hydrogens is 448 g/mol. The first kappa shape index (κ1) is 24.0. The normalized spacial score (nSPS) is 14.7. The van der Waals surface area contributed by atoms with E-state index in [1.807, 2.05) is 48.5 Å². The van der Waals surface area contributed by atoms with Crippen molar-refractivity contribution in [3.05, 3.63) is 95.6 Å². The van der Waals surface area contributed by atoms with Gasteiger partial charge in [0.1, 0.15) is 18.2 Å². The second-order valence-electron chi connectivity index (χ2n) is 8.49. The molecule has 180 valence electrons. The van der Waals surface area contributed by atoms with E-state index < -0.39 is 36.2 Å². The third kappa shape index (κ3) is 4.74. The zero-order chi connectivity index (χ0) is 25.0. The van der Waals surface area contributed by atoms with E-state index in [-0.39, 0.29) is 12.5 Å². The van der Waals surface area contributed by atoms with Gasteiger partial charge in [-0.3, -0.25) is 4.79 Å². The van der Waals surface area contributed by atoms with E-state index in [9.17, 15) is 24.6 Å². The Morgan fingerprint density at radius 1 is 0.914 bits per heavy atom. The highest BCUT2D eigenvalue weighted by Gasteiger charge is 2.39. The third-order valence-electron chi connectivity index (χ3n) is 6.29. The Bertz CT molecular complexity index is 1200. The maximum absolute atomic E-state index is 13.1. The van der Waals surface area contributed by atoms with Gasteiger partial charge in [0.15, 0.2) is 0 Å². The molecule has 0 saturated heterocycles. The minimum Gasteiger partial charge on any atom is -0.480 e. The van der Waals surface area contributed by atoms with E-state index in [0.29, 0.717) is 5.56 Å². The van der Waals surface area contributed by atoms with Crippen LogP contribution in [-0.4, -0.2) is 47.4 Å². The topological polar surface area (TPSA) is 125 Å². The number of amides is 2. The quantitative estimate of drug-likeness (QED) is 0.398. The molecule has 0 heterocycles. The summed E-state index contributed by atoms with van der Waals surface area (Å²) in [5.74, 6) is -2.34. The van der Waals surface area contributed by atoms with Gasteiger partial charge in [0, 0.05) is 5.92 Å². The van der Waals surface area contributed by atoms with Crippen molar-refractivity contribution in [2.45, 2.75) is 24.4 Å². The van der Waals surface area contributed by atoms with Gasteiger partial charge in [0.05, 0.1) is 6.61 Å². The van der Waals surface area contributed by atoms with Gasteiger partial charge in [0.2, 0.25) is 0 Å². The molecule has 0 radical (unpaired) electrons. The number of fused-ring (bicyclic) bond motifs is 3. The lowest BCUT2D eigenvalue weighted by Gasteiger charge is -2.31. The fourth-order valence-electron chi connectivity index (χ4n) is 4.36. The van der Waals surface area contributed by atoms with Gasteiger partial charge in [-0.15, -0.1) is 0 Å². The number of rotatable bonds is 8. The second-order valence-corrected chi connectivity index (χ2v) is 8.49. The molecule has 1 aliphatic rings. The summed E-state index contributed by atoms with van der Waals surface area (Å²) in [6.45, 7) is 0.715. The minimum atomic E-state index is -1.65. The number of aliphatic carboxylic acids is 1. The number of nitrogens with one attached hydrogen (secondary N) is 2. The first-order valence-electron chi connectivity index (χ1n) is 11.2. The molecule has 8 heteroatoms. The Morgan fingerprint density at radius 2 is 1.46 bits per heavy atom. The maximum Gasteiger partial charge on any atom is 0.408 e. The first-order valence-corrected chi connectivity index (χ1v) is 11.2. The van der Waals surface area contributed by atoms with Crippen LogP contribution in [0.15, 0.2) is 78.9 Å². The van der Waals surface area contributed by atoms with E-state index in [0.717, 1.165) is 22.3 Å². The largest absolute Gasteiger partial charge is 0.480 e. The van der Waals surface area contributed by atoms with E-state index in [4.69, 9.17) is 4.74 Å². The molecule has 2 atom stereocenters. The van der Waals surface area contributed by atoms with E-state index >= 15 is 0 Å². The van der Waals surface area contributed by atoms with Crippen LogP contribution in [0.25, 0.3) is 11.1 Å². The predicted molar refractivity (Wildman–Crippen MR) is 129 cm³/mol. The summed E-state index contributed by atoms with van der Waals surface area (Å²) in [6.07, 6.45) is -0.829. The van der Waals surface area contributed by atoms with Crippen molar-refractivity contribution >= 4 is 18.0 Å². The van der Waals surface area contributed by atoms with Gasteiger partial charge in [-0.1, -0.05) is 78.9 Å². The Morgan fingerprint density at radius 3 is 2.00 bits per heavy atom. The van der Waals surface area contributed by atoms with Crippen LogP contribution in [0, 0.1) is 0 Å². The summed E-state index contributed by atoms with van der Waals surface area (Å²) in [6, 6.07) is 22.8. The molecule has 4 rings (SSSR count). The van der Waals surface area contributed by atoms with Crippen molar-refractivity contribution in [1.29, 1.82) is 0 Å². The van der Waals surface area contributed by atoms with Gasteiger partial charge in [-0.2, -0.15) is 0 Å². The number of ether oxygens (including phenoxy) is 1. The van der Waals surface area contributed by atoms with Crippen LogP contribution >= 0.6 is 0 Å². The van der Waals surface area contributed by atoms with Crippen molar-refractivity contribution in [2.75, 3.05) is 13.2 Å². The first-order chi connectivity index (χ1) is 16.8. The molecule has 0 saturated carbocycles. The third-order valence-corrected chi connectivity index (χ3v) is 6.29. The number of alkyl carbamates (subject to hydrolysis) is 1. The molecule has 2 unspecified atom stereocenters. The summed E-state index contributed by atoms with van der Waals surface area (Å²) < 4.78 is 5.59. The highest BCUT2D eigenvalue weighted by molar-refractivity contribution is 5.93. The molecular formula is C27H26N2O6. The van der Waals surface area contributed by atoms with Gasteiger partial charge in [-0.05, 0) is 34.7 Å². The van der Waals surface area contributed by atoms with E-state index in [1.165, 1.54) is 6.92 Å². The number of carbonyl (C=O) groups is 3. The second kappa shape index (κ2) is 9.99. The molecule has 3 aromatic carbocycles. The Labute approximate surface area is 202 Å². The number of carbonyl (C=O) groups excluding carboxylic acids is 2. The SMILES string of the molecule is CC(NC(=O)OCC1c2ccccc2-c2ccccc21)(C(=O)NC(CO)C(=O)O)c1ccccc1. The minimum absolute atomic E-state index is 0.0563. The number of benzene rings is 3. The van der Waals surface area contributed by atoms with Crippen LogP contribution in [0.5, 0.6) is 0 Å². The number of carboxylic acids is 1. The lowest BCUT2D eigenvalue weighted by atomic mass is 9.90. The molecule has 35 heavy (non-hydrogen) atoms. The number of hydrogen-bond acceptors (Lipinski definition) is 5. The lowest BCUT2D eigenvalue weighted by molar-refractivity contribution is -0.144. The standard InChI is InChI=1S/C27H26N2O6/c1-27(17-9-3-2-4-10-17,25(33)28-23(15-30)24(31)32)29-26(34)35-16-22-20-13-7-5-11-18(20)19-12-6-8-14-21(19)22/h2-14,22-23,30H,15-16H2,1H3,(H,28,33)(H,29,34)(H,31,32). The van der Waals surface area contributed by atoms with Crippen molar-refractivity contribution in [1.82, 2.24) is 10.6 Å². The smallest absolute Gasteiger partial charge is 0.408 e. The average Bonchev–Trinajstić information content (AvgIpc) is 3.19. The molecule has 2 amide bonds. The van der Waals surface area contributed by atoms with Gasteiger partial charge in [0.25, 0.3) is 5.91 Å². The molecule has 8 nitrogen and oxygen atoms in total. The summed E-state index contributed by atoms with van der Waals surface area (Å²) >= 11 is 0. The number of carboxylic acid groups (broad SMARTS) is 1. The van der Waals surface area contributed by atoms with E-state index in [1.54, 1.807) is 30.3 Å². The average molecular weight is 475 g/mol. The zero-order valence-electron chi connectivity index (χ0n) is 19.1. The molecule has 4 N–H and O–H groups in total. The van der Waals surface area contributed by atoms with Crippen molar-refractivity contribution in [2.24, 2.45) is 0 Å². The lowest BCUT2D eigenvalue weighted by Crippen LogP contribution is -2.58. The van der Waals surface area contributed by atoms with Crippen LogP contribution in [-0.2, 0) is 19.9 Å². The van der Waals surface area contributed by atoms with Gasteiger partial charge >= 0.3 is 12.1 Å². The summed E-state index contributed by atoms with van der Waals surface area (Å²) in [5, 5.41) is 23.4. The molecule has 0 aliphatic heterocycles. The molecule has 1 aliphatic carbocycles. The van der Waals surface area contributed by atoms with E-state index in [2.05, 4.69) is 10.6 Å². The van der Waals surface area contributed by atoms with Crippen LogP contribution in [0.1, 0.15) is 29.5 Å². The van der Waals surface area contributed by atoms with Crippen molar-refractivity contribution < 1.29 is 29.3 Å². The number of aliphatic hydroxyl groups excluding tert-OH is 1. The molecule has 0 fully saturated rings. The summed E-state index contributed by atoms with van der Waals surface area (Å²) in [5.41, 5.74) is 3.07. The molecule has 0 bridgehead atoms.